The Morgan fingerprint density at radius 1 is 1.48 bits per heavy atom. The van der Waals surface area contributed by atoms with Crippen molar-refractivity contribution in [2.45, 2.75) is 31.2 Å². The zero-order valence-electron chi connectivity index (χ0n) is 12.2. The molecule has 1 spiro atoms. The van der Waals surface area contributed by atoms with Gasteiger partial charge in [0.2, 0.25) is 5.91 Å². The van der Waals surface area contributed by atoms with Gasteiger partial charge in [-0.2, -0.15) is 5.10 Å². The largest absolute Gasteiger partial charge is 0.447 e. The van der Waals surface area contributed by atoms with Crippen molar-refractivity contribution in [2.75, 3.05) is 19.7 Å². The highest BCUT2D eigenvalue weighted by Crippen LogP contribution is 2.26. The second-order valence-electron chi connectivity index (χ2n) is 5.88. The van der Waals surface area contributed by atoms with Crippen LogP contribution in [-0.4, -0.2) is 51.9 Å². The molecule has 0 unspecified atom stereocenters. The average molecular weight is 292 g/mol. The van der Waals surface area contributed by atoms with Gasteiger partial charge in [-0.25, -0.2) is 4.79 Å². The number of carbonyl (C=O) groups is 2. The van der Waals surface area contributed by atoms with Crippen LogP contribution in [0.3, 0.4) is 0 Å². The van der Waals surface area contributed by atoms with E-state index >= 15 is 0 Å². The summed E-state index contributed by atoms with van der Waals surface area (Å²) in [6, 6.07) is 0. The monoisotopic (exact) mass is 292 g/mol. The molecule has 7 nitrogen and oxygen atoms in total. The van der Waals surface area contributed by atoms with Gasteiger partial charge in [0.25, 0.3) is 0 Å². The molecule has 2 fully saturated rings. The standard InChI is InChI=1S/C14H20N4O3/c1-17-9-11(8-15-17)2-3-12(19)18-6-4-14(5-7-18)10-21-13(20)16-14/h8-9H,2-7,10H2,1H3,(H,16,20). The van der Waals surface area contributed by atoms with Crippen molar-refractivity contribution in [2.24, 2.45) is 7.05 Å². The normalized spacial score (nSPS) is 20.4. The third kappa shape index (κ3) is 3.01. The van der Waals surface area contributed by atoms with Gasteiger partial charge in [0.15, 0.2) is 0 Å². The number of cyclic esters (lactones) is 1. The minimum atomic E-state index is -0.341. The van der Waals surface area contributed by atoms with Crippen LogP contribution in [0.5, 0.6) is 0 Å². The number of rotatable bonds is 3. The van der Waals surface area contributed by atoms with Gasteiger partial charge >= 0.3 is 6.09 Å². The number of nitrogens with one attached hydrogen (secondary N) is 1. The summed E-state index contributed by atoms with van der Waals surface area (Å²) in [5.41, 5.74) is 0.827. The number of amides is 2. The van der Waals surface area contributed by atoms with Crippen molar-refractivity contribution in [3.05, 3.63) is 18.0 Å². The van der Waals surface area contributed by atoms with Crippen LogP contribution in [-0.2, 0) is 23.0 Å². The summed E-state index contributed by atoms with van der Waals surface area (Å²) in [5, 5.41) is 6.98. The molecule has 3 rings (SSSR count). The number of aryl methyl sites for hydroxylation is 2. The molecule has 0 saturated carbocycles. The maximum absolute atomic E-state index is 12.2. The quantitative estimate of drug-likeness (QED) is 0.878. The molecule has 2 aliphatic heterocycles. The van der Waals surface area contributed by atoms with Crippen LogP contribution >= 0.6 is 0 Å². The second kappa shape index (κ2) is 5.38. The van der Waals surface area contributed by atoms with Gasteiger partial charge < -0.3 is 15.0 Å². The van der Waals surface area contributed by atoms with E-state index in [-0.39, 0.29) is 17.5 Å². The molecule has 1 N–H and O–H groups in total. The summed E-state index contributed by atoms with van der Waals surface area (Å²) in [7, 11) is 1.87. The van der Waals surface area contributed by atoms with Gasteiger partial charge in [-0.15, -0.1) is 0 Å². The van der Waals surface area contributed by atoms with Crippen LogP contribution in [0.15, 0.2) is 12.4 Å². The van der Waals surface area contributed by atoms with Crippen molar-refractivity contribution < 1.29 is 14.3 Å². The van der Waals surface area contributed by atoms with Crippen molar-refractivity contribution in [1.82, 2.24) is 20.0 Å². The first-order valence-corrected chi connectivity index (χ1v) is 7.27. The first-order valence-electron chi connectivity index (χ1n) is 7.27. The van der Waals surface area contributed by atoms with E-state index < -0.39 is 0 Å². The van der Waals surface area contributed by atoms with Gasteiger partial charge in [0, 0.05) is 32.8 Å². The average Bonchev–Trinajstić information content (AvgIpc) is 3.04. The minimum absolute atomic E-state index is 0.166. The number of alkyl carbamates (subject to hydrolysis) is 1. The Hall–Kier alpha value is -2.05. The molecular weight excluding hydrogens is 272 g/mol. The van der Waals surface area contributed by atoms with E-state index in [1.807, 2.05) is 18.1 Å². The highest BCUT2D eigenvalue weighted by Gasteiger charge is 2.42. The highest BCUT2D eigenvalue weighted by molar-refractivity contribution is 5.77. The summed E-state index contributed by atoms with van der Waals surface area (Å²) < 4.78 is 6.73. The lowest BCUT2D eigenvalue weighted by Gasteiger charge is -2.37. The van der Waals surface area contributed by atoms with E-state index in [0.717, 1.165) is 18.4 Å². The van der Waals surface area contributed by atoms with E-state index in [9.17, 15) is 9.59 Å². The number of aromatic nitrogens is 2. The molecule has 3 heterocycles. The van der Waals surface area contributed by atoms with Crippen molar-refractivity contribution in [1.29, 1.82) is 0 Å². The summed E-state index contributed by atoms with van der Waals surface area (Å²) in [4.78, 5) is 25.3. The SMILES string of the molecule is Cn1cc(CCC(=O)N2CCC3(CC2)COC(=O)N3)cn1. The van der Waals surface area contributed by atoms with Crippen LogP contribution in [0.1, 0.15) is 24.8 Å². The van der Waals surface area contributed by atoms with Crippen LogP contribution in [0.2, 0.25) is 0 Å². The Labute approximate surface area is 123 Å². The lowest BCUT2D eigenvalue weighted by atomic mass is 9.89. The molecule has 1 aromatic heterocycles. The molecule has 21 heavy (non-hydrogen) atoms. The van der Waals surface area contributed by atoms with Crippen molar-refractivity contribution >= 4 is 12.0 Å². The molecule has 114 valence electrons. The number of nitrogens with zero attached hydrogens (tertiary/aromatic N) is 3. The van der Waals surface area contributed by atoms with Crippen molar-refractivity contribution in [3.63, 3.8) is 0 Å². The maximum Gasteiger partial charge on any atom is 0.407 e. The Kier molecular flexibility index (Phi) is 3.57. The number of carbonyl (C=O) groups excluding carboxylic acids is 2. The predicted octanol–water partition coefficient (Wildman–Crippen LogP) is 0.454. The Bertz CT molecular complexity index is 546. The van der Waals surface area contributed by atoms with Crippen LogP contribution < -0.4 is 5.32 Å². The zero-order valence-corrected chi connectivity index (χ0v) is 12.2. The van der Waals surface area contributed by atoms with E-state index in [1.165, 1.54) is 0 Å². The summed E-state index contributed by atoms with van der Waals surface area (Å²) in [5.74, 6) is 0.166. The molecule has 0 radical (unpaired) electrons. The van der Waals surface area contributed by atoms with Gasteiger partial charge in [0.1, 0.15) is 6.61 Å². The third-order valence-electron chi connectivity index (χ3n) is 4.31. The van der Waals surface area contributed by atoms with Gasteiger partial charge in [-0.1, -0.05) is 0 Å². The van der Waals surface area contributed by atoms with Gasteiger partial charge in [-0.05, 0) is 24.8 Å². The summed E-state index contributed by atoms with van der Waals surface area (Å²) in [6.07, 6.45) is 6.13. The fraction of sp³-hybridized carbons (Fsp3) is 0.643. The van der Waals surface area contributed by atoms with E-state index in [1.54, 1.807) is 10.9 Å². The lowest BCUT2D eigenvalue weighted by Crippen LogP contribution is -2.53. The number of ether oxygens (including phenoxy) is 1. The fourth-order valence-corrected chi connectivity index (χ4v) is 2.96. The Balaban J connectivity index is 1.47. The summed E-state index contributed by atoms with van der Waals surface area (Å²) in [6.45, 7) is 1.77. The molecule has 0 atom stereocenters. The topological polar surface area (TPSA) is 76.5 Å². The van der Waals surface area contributed by atoms with Crippen LogP contribution in [0.4, 0.5) is 4.79 Å². The molecular formula is C14H20N4O3. The van der Waals surface area contributed by atoms with Crippen LogP contribution in [0.25, 0.3) is 0 Å². The Morgan fingerprint density at radius 2 is 2.24 bits per heavy atom. The molecule has 2 amide bonds. The molecule has 0 aromatic carbocycles. The smallest absolute Gasteiger partial charge is 0.407 e. The minimum Gasteiger partial charge on any atom is -0.447 e. The van der Waals surface area contributed by atoms with Gasteiger partial charge in [-0.3, -0.25) is 9.48 Å². The molecule has 2 aliphatic rings. The summed E-state index contributed by atoms with van der Waals surface area (Å²) >= 11 is 0. The molecule has 0 aliphatic carbocycles. The van der Waals surface area contributed by atoms with Crippen LogP contribution in [0, 0.1) is 0 Å². The first-order chi connectivity index (χ1) is 10.1. The highest BCUT2D eigenvalue weighted by atomic mass is 16.6. The molecule has 7 heteroatoms. The molecule has 0 bridgehead atoms. The van der Waals surface area contributed by atoms with Crippen molar-refractivity contribution in [3.8, 4) is 0 Å². The van der Waals surface area contributed by atoms with Gasteiger partial charge in [0.05, 0.1) is 11.7 Å². The zero-order chi connectivity index (χ0) is 14.9. The van der Waals surface area contributed by atoms with E-state index in [0.29, 0.717) is 32.5 Å². The number of likely N-dealkylation sites (tertiary alicyclic amines) is 1. The lowest BCUT2D eigenvalue weighted by molar-refractivity contribution is -0.132. The number of hydrogen-bond donors (Lipinski definition) is 1. The third-order valence-corrected chi connectivity index (χ3v) is 4.31. The van der Waals surface area contributed by atoms with E-state index in [4.69, 9.17) is 4.74 Å². The molecule has 2 saturated heterocycles. The van der Waals surface area contributed by atoms with E-state index in [2.05, 4.69) is 10.4 Å². The Morgan fingerprint density at radius 3 is 2.81 bits per heavy atom. The number of hydrogen-bond acceptors (Lipinski definition) is 4. The second-order valence-corrected chi connectivity index (χ2v) is 5.88. The molecule has 1 aromatic rings. The fourth-order valence-electron chi connectivity index (χ4n) is 2.96. The predicted molar refractivity (Wildman–Crippen MR) is 74.6 cm³/mol. The maximum atomic E-state index is 12.2. The first kappa shape index (κ1) is 13.9. The number of piperidine rings is 1.